The lowest BCUT2D eigenvalue weighted by molar-refractivity contribution is -0.116. The highest BCUT2D eigenvalue weighted by Crippen LogP contribution is 2.16. The monoisotopic (exact) mass is 437 g/mol. The maximum atomic E-state index is 14.1. The molecule has 4 rings (SSSR count). The van der Waals surface area contributed by atoms with Gasteiger partial charge in [0.05, 0.1) is 12.1 Å². The largest absolute Gasteiger partial charge is 0.332 e. The maximum absolute atomic E-state index is 14.1. The molecule has 0 unspecified atom stereocenters. The molecule has 2 heterocycles. The summed E-state index contributed by atoms with van der Waals surface area (Å²) in [6.45, 7) is 1.57. The van der Waals surface area contributed by atoms with E-state index in [2.05, 4.69) is 5.32 Å². The molecule has 0 aliphatic heterocycles. The number of carbonyl (C=O) groups excluding carboxylic acids is 1. The molecular formula is C23H20FN3O3S. The molecule has 0 saturated heterocycles. The van der Waals surface area contributed by atoms with Crippen LogP contribution in [-0.4, -0.2) is 15.0 Å². The first-order valence-corrected chi connectivity index (χ1v) is 10.7. The van der Waals surface area contributed by atoms with E-state index in [1.165, 1.54) is 28.0 Å². The minimum atomic E-state index is -0.657. The van der Waals surface area contributed by atoms with Gasteiger partial charge in [-0.1, -0.05) is 37.3 Å². The third-order valence-corrected chi connectivity index (χ3v) is 5.96. The maximum Gasteiger partial charge on any atom is 0.332 e. The number of hydrogen-bond acceptors (Lipinski definition) is 4. The van der Waals surface area contributed by atoms with Crippen molar-refractivity contribution in [3.05, 3.63) is 97.8 Å². The first-order valence-electron chi connectivity index (χ1n) is 9.81. The van der Waals surface area contributed by atoms with Gasteiger partial charge in [-0.3, -0.25) is 18.7 Å². The van der Waals surface area contributed by atoms with Gasteiger partial charge in [0.1, 0.15) is 17.1 Å². The van der Waals surface area contributed by atoms with E-state index in [4.69, 9.17) is 0 Å². The number of amides is 1. The van der Waals surface area contributed by atoms with Gasteiger partial charge < -0.3 is 5.32 Å². The fourth-order valence-corrected chi connectivity index (χ4v) is 4.23. The summed E-state index contributed by atoms with van der Waals surface area (Å²) in [5.41, 5.74) is 1.23. The Kier molecular flexibility index (Phi) is 5.81. The van der Waals surface area contributed by atoms with Gasteiger partial charge in [-0.15, -0.1) is 11.3 Å². The lowest BCUT2D eigenvalue weighted by atomic mass is 10.1. The number of nitrogens with one attached hydrogen (secondary N) is 1. The molecule has 0 aliphatic rings. The topological polar surface area (TPSA) is 73.1 Å². The van der Waals surface area contributed by atoms with Gasteiger partial charge in [-0.05, 0) is 41.6 Å². The fraction of sp³-hybridized carbons (Fsp3) is 0.174. The number of carbonyl (C=O) groups is 1. The van der Waals surface area contributed by atoms with E-state index in [9.17, 15) is 18.8 Å². The number of fused-ring (bicyclic) bond motifs is 1. The van der Waals surface area contributed by atoms with Crippen molar-refractivity contribution in [2.45, 2.75) is 26.4 Å². The van der Waals surface area contributed by atoms with Gasteiger partial charge >= 0.3 is 5.69 Å². The van der Waals surface area contributed by atoms with Crippen LogP contribution in [0.2, 0.25) is 0 Å². The second-order valence-corrected chi connectivity index (χ2v) is 8.00. The molecule has 4 aromatic rings. The average molecular weight is 437 g/mol. The van der Waals surface area contributed by atoms with E-state index in [-0.39, 0.29) is 18.7 Å². The highest BCUT2D eigenvalue weighted by atomic mass is 32.1. The van der Waals surface area contributed by atoms with Crippen LogP contribution < -0.4 is 16.6 Å². The summed E-state index contributed by atoms with van der Waals surface area (Å²) in [4.78, 5) is 38.6. The zero-order valence-electron chi connectivity index (χ0n) is 16.8. The number of aromatic nitrogens is 2. The number of thiophene rings is 1. The number of rotatable bonds is 6. The molecule has 2 aromatic carbocycles. The van der Waals surface area contributed by atoms with Crippen LogP contribution in [0.5, 0.6) is 0 Å². The molecular weight excluding hydrogens is 417 g/mol. The molecule has 2 aromatic heterocycles. The SMILES string of the molecule is CCc1ccc(NC(=O)Cn2c(=O)n(Cc3ccccc3F)c(=O)c3sccc32)cc1. The van der Waals surface area contributed by atoms with Crippen molar-refractivity contribution in [3.63, 3.8) is 0 Å². The van der Waals surface area contributed by atoms with Crippen LogP contribution in [0.25, 0.3) is 10.2 Å². The van der Waals surface area contributed by atoms with Crippen molar-refractivity contribution in [1.29, 1.82) is 0 Å². The van der Waals surface area contributed by atoms with Gasteiger partial charge in [0.2, 0.25) is 5.91 Å². The number of hydrogen-bond donors (Lipinski definition) is 1. The molecule has 6 nitrogen and oxygen atoms in total. The van der Waals surface area contributed by atoms with Crippen LogP contribution in [0.4, 0.5) is 10.1 Å². The van der Waals surface area contributed by atoms with Gasteiger partial charge in [0.15, 0.2) is 0 Å². The molecule has 0 saturated carbocycles. The van der Waals surface area contributed by atoms with Crippen LogP contribution in [0.1, 0.15) is 18.1 Å². The molecule has 0 atom stereocenters. The van der Waals surface area contributed by atoms with Crippen molar-refractivity contribution in [3.8, 4) is 0 Å². The van der Waals surface area contributed by atoms with E-state index in [1.54, 1.807) is 35.7 Å². The summed E-state index contributed by atoms with van der Waals surface area (Å²) in [5.74, 6) is -0.894. The summed E-state index contributed by atoms with van der Waals surface area (Å²) >= 11 is 1.18. The minimum Gasteiger partial charge on any atom is -0.325 e. The average Bonchev–Trinajstić information content (AvgIpc) is 3.26. The Morgan fingerprint density at radius 3 is 2.48 bits per heavy atom. The summed E-state index contributed by atoms with van der Waals surface area (Å²) in [5, 5.41) is 4.47. The smallest absolute Gasteiger partial charge is 0.325 e. The minimum absolute atomic E-state index is 0.210. The number of halogens is 1. The third-order valence-electron chi connectivity index (χ3n) is 5.07. The highest BCUT2D eigenvalue weighted by Gasteiger charge is 2.17. The predicted octanol–water partition coefficient (Wildman–Crippen LogP) is 3.61. The van der Waals surface area contributed by atoms with Gasteiger partial charge in [0, 0.05) is 11.3 Å². The van der Waals surface area contributed by atoms with Crippen molar-refractivity contribution >= 4 is 33.1 Å². The third kappa shape index (κ3) is 4.20. The second kappa shape index (κ2) is 8.69. The van der Waals surface area contributed by atoms with Crippen molar-refractivity contribution in [2.24, 2.45) is 0 Å². The van der Waals surface area contributed by atoms with Crippen LogP contribution in [0.15, 0.2) is 69.6 Å². The summed E-state index contributed by atoms with van der Waals surface area (Å²) in [6, 6.07) is 15.1. The van der Waals surface area contributed by atoms with Crippen molar-refractivity contribution in [1.82, 2.24) is 9.13 Å². The van der Waals surface area contributed by atoms with Crippen LogP contribution in [0.3, 0.4) is 0 Å². The van der Waals surface area contributed by atoms with Crippen LogP contribution >= 0.6 is 11.3 Å². The molecule has 8 heteroatoms. The molecule has 158 valence electrons. The predicted molar refractivity (Wildman–Crippen MR) is 120 cm³/mol. The highest BCUT2D eigenvalue weighted by molar-refractivity contribution is 7.17. The molecule has 1 N–H and O–H groups in total. The van der Waals surface area contributed by atoms with Gasteiger partial charge in [0.25, 0.3) is 5.56 Å². The normalized spacial score (nSPS) is 11.0. The van der Waals surface area contributed by atoms with E-state index < -0.39 is 23.0 Å². The Bertz CT molecular complexity index is 1370. The Labute approximate surface area is 181 Å². The Balaban J connectivity index is 1.69. The lowest BCUT2D eigenvalue weighted by Crippen LogP contribution is -2.41. The molecule has 0 bridgehead atoms. The molecule has 0 spiro atoms. The van der Waals surface area contributed by atoms with E-state index >= 15 is 0 Å². The molecule has 31 heavy (non-hydrogen) atoms. The van der Waals surface area contributed by atoms with Crippen LogP contribution in [-0.2, 0) is 24.3 Å². The summed E-state index contributed by atoms with van der Waals surface area (Å²) in [7, 11) is 0. The standard InChI is InChI=1S/C23H20FN3O3S/c1-2-15-7-9-17(10-8-15)25-20(28)14-26-19-11-12-31-21(19)22(29)27(23(26)30)13-16-5-3-4-6-18(16)24/h3-12H,2,13-14H2,1H3,(H,25,28). The summed E-state index contributed by atoms with van der Waals surface area (Å²) in [6.07, 6.45) is 0.892. The quantitative estimate of drug-likeness (QED) is 0.501. The molecule has 1 amide bonds. The molecule has 0 fully saturated rings. The Morgan fingerprint density at radius 1 is 1.03 bits per heavy atom. The fourth-order valence-electron chi connectivity index (χ4n) is 3.39. The zero-order chi connectivity index (χ0) is 22.0. The van der Waals surface area contributed by atoms with Gasteiger partial charge in [-0.25, -0.2) is 9.18 Å². The van der Waals surface area contributed by atoms with E-state index in [1.807, 2.05) is 19.1 Å². The number of nitrogens with zero attached hydrogens (tertiary/aromatic N) is 2. The Morgan fingerprint density at radius 2 is 1.77 bits per heavy atom. The van der Waals surface area contributed by atoms with Crippen LogP contribution in [0, 0.1) is 5.82 Å². The molecule has 0 radical (unpaired) electrons. The first kappa shape index (κ1) is 20.7. The lowest BCUT2D eigenvalue weighted by Gasteiger charge is -2.13. The number of anilines is 1. The second-order valence-electron chi connectivity index (χ2n) is 7.09. The Hall–Kier alpha value is -3.52. The first-order chi connectivity index (χ1) is 15.0. The van der Waals surface area contributed by atoms with Crippen molar-refractivity contribution in [2.75, 3.05) is 5.32 Å². The van der Waals surface area contributed by atoms with E-state index in [0.29, 0.717) is 15.9 Å². The van der Waals surface area contributed by atoms with E-state index in [0.717, 1.165) is 16.6 Å². The van der Waals surface area contributed by atoms with Crippen molar-refractivity contribution < 1.29 is 9.18 Å². The number of aryl methyl sites for hydroxylation is 1. The summed E-state index contributed by atoms with van der Waals surface area (Å²) < 4.78 is 16.7. The molecule has 0 aliphatic carbocycles. The van der Waals surface area contributed by atoms with Gasteiger partial charge in [-0.2, -0.15) is 0 Å². The number of benzene rings is 2. The zero-order valence-corrected chi connectivity index (χ0v) is 17.6.